The summed E-state index contributed by atoms with van der Waals surface area (Å²) in [6.45, 7) is 3.21. The molecule has 1 aromatic carbocycles. The number of aryl methyl sites for hydroxylation is 1. The van der Waals surface area contributed by atoms with Crippen molar-refractivity contribution in [3.05, 3.63) is 57.1 Å². The number of carbonyl (C=O) groups is 1. The zero-order valence-electron chi connectivity index (χ0n) is 10.8. The van der Waals surface area contributed by atoms with Crippen LogP contribution in [-0.2, 0) is 0 Å². The molecule has 0 bridgehead atoms. The smallest absolute Gasteiger partial charge is 0.337 e. The van der Waals surface area contributed by atoms with Gasteiger partial charge in [0, 0.05) is 17.5 Å². The van der Waals surface area contributed by atoms with Crippen molar-refractivity contribution in [1.29, 1.82) is 0 Å². The molecule has 0 atom stereocenters. The molecule has 1 heterocycles. The first-order valence-electron chi connectivity index (χ1n) is 5.69. The minimum Gasteiger partial charge on any atom is -0.478 e. The van der Waals surface area contributed by atoms with Gasteiger partial charge in [0.2, 0.25) is 0 Å². The van der Waals surface area contributed by atoms with Crippen LogP contribution >= 0.6 is 0 Å². The second-order valence-corrected chi connectivity index (χ2v) is 4.35. The maximum absolute atomic E-state index is 13.5. The maximum Gasteiger partial charge on any atom is 0.337 e. The van der Waals surface area contributed by atoms with Gasteiger partial charge >= 0.3 is 5.97 Å². The van der Waals surface area contributed by atoms with Crippen molar-refractivity contribution in [2.24, 2.45) is 0 Å². The molecular formula is C13H11FN2O4. The van der Waals surface area contributed by atoms with Crippen molar-refractivity contribution in [2.75, 3.05) is 0 Å². The number of hydrogen-bond acceptors (Lipinski definition) is 3. The number of hydrogen-bond donors (Lipinski definition) is 1. The predicted molar refractivity (Wildman–Crippen MR) is 68.8 cm³/mol. The SMILES string of the molecule is Cc1cc(C(=O)O)c(C)n1-c1cc(F)cc([N+](=O)[O-])c1. The number of nitro groups is 1. The maximum atomic E-state index is 13.5. The molecular weight excluding hydrogens is 267 g/mol. The highest BCUT2D eigenvalue weighted by molar-refractivity contribution is 5.89. The Morgan fingerprint density at radius 2 is 1.95 bits per heavy atom. The van der Waals surface area contributed by atoms with E-state index >= 15 is 0 Å². The van der Waals surface area contributed by atoms with Crippen molar-refractivity contribution < 1.29 is 19.2 Å². The van der Waals surface area contributed by atoms with Crippen molar-refractivity contribution in [2.45, 2.75) is 13.8 Å². The average molecular weight is 278 g/mol. The van der Waals surface area contributed by atoms with Gasteiger partial charge in [0.05, 0.1) is 22.2 Å². The fourth-order valence-corrected chi connectivity index (χ4v) is 2.17. The lowest BCUT2D eigenvalue weighted by Gasteiger charge is -2.09. The number of carboxylic acids is 1. The zero-order chi connectivity index (χ0) is 15.0. The van der Waals surface area contributed by atoms with E-state index in [1.807, 2.05) is 0 Å². The monoisotopic (exact) mass is 278 g/mol. The topological polar surface area (TPSA) is 85.4 Å². The van der Waals surface area contributed by atoms with Crippen molar-refractivity contribution in [3.63, 3.8) is 0 Å². The highest BCUT2D eigenvalue weighted by Gasteiger charge is 2.18. The largest absolute Gasteiger partial charge is 0.478 e. The molecule has 0 amide bonds. The molecule has 0 fully saturated rings. The van der Waals surface area contributed by atoms with E-state index in [0.29, 0.717) is 11.4 Å². The number of benzene rings is 1. The first kappa shape index (κ1) is 13.7. The lowest BCUT2D eigenvalue weighted by molar-refractivity contribution is -0.385. The molecule has 0 aliphatic rings. The molecule has 0 aliphatic carbocycles. The van der Waals surface area contributed by atoms with Crippen LogP contribution in [0, 0.1) is 29.8 Å². The molecule has 6 nitrogen and oxygen atoms in total. The van der Waals surface area contributed by atoms with E-state index in [9.17, 15) is 19.3 Å². The fraction of sp³-hybridized carbons (Fsp3) is 0.154. The second kappa shape index (κ2) is 4.76. The molecule has 0 radical (unpaired) electrons. The molecule has 20 heavy (non-hydrogen) atoms. The Balaban J connectivity index is 2.69. The number of aromatic carboxylic acids is 1. The minimum absolute atomic E-state index is 0.0782. The zero-order valence-corrected chi connectivity index (χ0v) is 10.8. The Morgan fingerprint density at radius 3 is 2.45 bits per heavy atom. The minimum atomic E-state index is -1.10. The molecule has 2 rings (SSSR count). The van der Waals surface area contributed by atoms with Crippen LogP contribution in [0.25, 0.3) is 5.69 Å². The molecule has 104 valence electrons. The molecule has 2 aromatic rings. The van der Waals surface area contributed by atoms with E-state index in [1.54, 1.807) is 13.8 Å². The number of aromatic nitrogens is 1. The van der Waals surface area contributed by atoms with Crippen LogP contribution in [0.1, 0.15) is 21.7 Å². The van der Waals surface area contributed by atoms with Crippen LogP contribution in [0.5, 0.6) is 0 Å². The summed E-state index contributed by atoms with van der Waals surface area (Å²) in [6.07, 6.45) is 0. The van der Waals surface area contributed by atoms with Crippen LogP contribution in [0.4, 0.5) is 10.1 Å². The van der Waals surface area contributed by atoms with Crippen LogP contribution in [-0.4, -0.2) is 20.6 Å². The first-order chi connectivity index (χ1) is 9.31. The third-order valence-corrected chi connectivity index (χ3v) is 3.00. The molecule has 0 saturated heterocycles. The van der Waals surface area contributed by atoms with Gasteiger partial charge in [-0.2, -0.15) is 0 Å². The summed E-state index contributed by atoms with van der Waals surface area (Å²) in [5.74, 6) is -1.85. The lowest BCUT2D eigenvalue weighted by Crippen LogP contribution is -2.03. The number of nitrogens with zero attached hydrogens (tertiary/aromatic N) is 2. The summed E-state index contributed by atoms with van der Waals surface area (Å²) in [7, 11) is 0. The Labute approximate surface area is 113 Å². The Morgan fingerprint density at radius 1 is 1.30 bits per heavy atom. The van der Waals surface area contributed by atoms with Gasteiger partial charge in [-0.05, 0) is 26.0 Å². The third kappa shape index (κ3) is 2.25. The summed E-state index contributed by atoms with van der Waals surface area (Å²) >= 11 is 0. The van der Waals surface area contributed by atoms with Crippen LogP contribution in [0.3, 0.4) is 0 Å². The first-order valence-corrected chi connectivity index (χ1v) is 5.69. The molecule has 0 spiro atoms. The van der Waals surface area contributed by atoms with Gasteiger partial charge in [0.15, 0.2) is 0 Å². The second-order valence-electron chi connectivity index (χ2n) is 4.35. The van der Waals surface area contributed by atoms with Gasteiger partial charge in [-0.1, -0.05) is 0 Å². The van der Waals surface area contributed by atoms with Gasteiger partial charge in [-0.15, -0.1) is 0 Å². The molecule has 1 N–H and O–H groups in total. The van der Waals surface area contributed by atoms with E-state index < -0.39 is 16.7 Å². The van der Waals surface area contributed by atoms with E-state index in [2.05, 4.69) is 0 Å². The Kier molecular flexibility index (Phi) is 3.27. The third-order valence-electron chi connectivity index (χ3n) is 3.00. The number of non-ortho nitro benzene ring substituents is 1. The van der Waals surface area contributed by atoms with E-state index in [-0.39, 0.29) is 16.9 Å². The van der Waals surface area contributed by atoms with Gasteiger partial charge < -0.3 is 9.67 Å². The predicted octanol–water partition coefficient (Wildman–Crippen LogP) is 2.84. The number of rotatable bonds is 3. The summed E-state index contributed by atoms with van der Waals surface area (Å²) in [5, 5.41) is 19.8. The molecule has 1 aromatic heterocycles. The van der Waals surface area contributed by atoms with E-state index in [4.69, 9.17) is 5.11 Å². The Bertz CT molecular complexity index is 721. The van der Waals surface area contributed by atoms with Crippen molar-refractivity contribution in [1.82, 2.24) is 4.57 Å². The number of nitro benzene ring substituents is 1. The summed E-state index contributed by atoms with van der Waals surface area (Å²) < 4.78 is 14.9. The normalized spacial score (nSPS) is 10.6. The van der Waals surface area contributed by atoms with Crippen LogP contribution < -0.4 is 0 Å². The van der Waals surface area contributed by atoms with Crippen molar-refractivity contribution >= 4 is 11.7 Å². The quantitative estimate of drug-likeness (QED) is 0.691. The van der Waals surface area contributed by atoms with Gasteiger partial charge in [-0.25, -0.2) is 9.18 Å². The molecule has 0 aliphatic heterocycles. The lowest BCUT2D eigenvalue weighted by atomic mass is 10.2. The summed E-state index contributed by atoms with van der Waals surface area (Å²) in [6, 6.07) is 4.58. The van der Waals surface area contributed by atoms with Gasteiger partial charge in [-0.3, -0.25) is 10.1 Å². The van der Waals surface area contributed by atoms with Gasteiger partial charge in [0.1, 0.15) is 5.82 Å². The standard InChI is InChI=1S/C13H11FN2O4/c1-7-3-12(13(17)18)8(2)15(7)10-4-9(14)5-11(6-10)16(19)20/h3-6H,1-2H3,(H,17,18). The molecule has 0 unspecified atom stereocenters. The van der Waals surface area contributed by atoms with Crippen molar-refractivity contribution in [3.8, 4) is 5.69 Å². The summed E-state index contributed by atoms with van der Waals surface area (Å²) in [4.78, 5) is 21.1. The fourth-order valence-electron chi connectivity index (χ4n) is 2.17. The van der Waals surface area contributed by atoms with Gasteiger partial charge in [0.25, 0.3) is 5.69 Å². The van der Waals surface area contributed by atoms with Crippen LogP contribution in [0.2, 0.25) is 0 Å². The van der Waals surface area contributed by atoms with Crippen LogP contribution in [0.15, 0.2) is 24.3 Å². The average Bonchev–Trinajstić information content (AvgIpc) is 2.64. The van der Waals surface area contributed by atoms with E-state index in [0.717, 1.165) is 12.1 Å². The highest BCUT2D eigenvalue weighted by Crippen LogP contribution is 2.25. The van der Waals surface area contributed by atoms with E-state index in [1.165, 1.54) is 16.7 Å². The Hall–Kier alpha value is -2.70. The number of halogens is 1. The number of carboxylic acid groups (broad SMARTS) is 1. The highest BCUT2D eigenvalue weighted by atomic mass is 19.1. The molecule has 0 saturated carbocycles. The molecule has 7 heteroatoms. The summed E-state index contributed by atoms with van der Waals surface area (Å²) in [5.41, 5.74) is 0.854.